The van der Waals surface area contributed by atoms with Crippen molar-refractivity contribution in [3.63, 3.8) is 0 Å². The van der Waals surface area contributed by atoms with Crippen molar-refractivity contribution in [2.24, 2.45) is 5.92 Å². The monoisotopic (exact) mass is 458 g/mol. The molecule has 0 saturated carbocycles. The van der Waals surface area contributed by atoms with Crippen LogP contribution in [0.3, 0.4) is 0 Å². The number of amides is 1. The molecule has 1 fully saturated rings. The molecule has 0 radical (unpaired) electrons. The highest BCUT2D eigenvalue weighted by atomic mass is 35.5. The van der Waals surface area contributed by atoms with Crippen molar-refractivity contribution in [1.82, 2.24) is 0 Å². The van der Waals surface area contributed by atoms with Crippen LogP contribution in [-0.2, 0) is 24.8 Å². The van der Waals surface area contributed by atoms with Crippen molar-refractivity contribution in [3.8, 4) is 5.75 Å². The van der Waals surface area contributed by atoms with E-state index in [-0.39, 0.29) is 27.8 Å². The number of sulfonamides is 2. The van der Waals surface area contributed by atoms with Gasteiger partial charge in [0.05, 0.1) is 30.2 Å². The third kappa shape index (κ3) is 3.92. The summed E-state index contributed by atoms with van der Waals surface area (Å²) in [5, 5.41) is 0.383. The van der Waals surface area contributed by atoms with Crippen LogP contribution >= 0.6 is 11.6 Å². The van der Waals surface area contributed by atoms with Crippen molar-refractivity contribution in [2.45, 2.75) is 18.7 Å². The Bertz CT molecular complexity index is 1190. The molecule has 2 aromatic rings. The molecule has 11 heteroatoms. The normalized spacial score (nSPS) is 18.7. The number of hydrogen-bond donors (Lipinski definition) is 1. The SMILES string of the molecule is COc1ccc(N2C(=O)C(C)CS2(=O)=O)cc1S(=O)(=O)Nc1cccc(Cl)c1C. The van der Waals surface area contributed by atoms with Crippen LogP contribution in [0, 0.1) is 12.8 Å². The molecule has 2 aromatic carbocycles. The number of anilines is 2. The minimum atomic E-state index is -4.18. The summed E-state index contributed by atoms with van der Waals surface area (Å²) in [6, 6.07) is 8.51. The number of nitrogens with one attached hydrogen (secondary N) is 1. The average Bonchev–Trinajstić information content (AvgIpc) is 2.85. The number of hydrogen-bond acceptors (Lipinski definition) is 6. The summed E-state index contributed by atoms with van der Waals surface area (Å²) in [6.45, 7) is 3.16. The van der Waals surface area contributed by atoms with Crippen LogP contribution in [0.2, 0.25) is 5.02 Å². The zero-order valence-corrected chi connectivity index (χ0v) is 18.2. The largest absolute Gasteiger partial charge is 0.495 e. The molecule has 1 aliphatic rings. The molecule has 1 aliphatic heterocycles. The molecule has 8 nitrogen and oxygen atoms in total. The molecule has 156 valence electrons. The van der Waals surface area contributed by atoms with Gasteiger partial charge in [0, 0.05) is 5.02 Å². The Morgan fingerprint density at radius 1 is 1.24 bits per heavy atom. The van der Waals surface area contributed by atoms with Crippen molar-refractivity contribution < 1.29 is 26.4 Å². The van der Waals surface area contributed by atoms with Gasteiger partial charge in [-0.15, -0.1) is 0 Å². The van der Waals surface area contributed by atoms with Gasteiger partial charge in [0.1, 0.15) is 10.6 Å². The summed E-state index contributed by atoms with van der Waals surface area (Å²) in [5.41, 5.74) is 0.728. The molecule has 1 amide bonds. The average molecular weight is 459 g/mol. The van der Waals surface area contributed by atoms with Gasteiger partial charge in [-0.3, -0.25) is 9.52 Å². The Labute approximate surface area is 174 Å². The van der Waals surface area contributed by atoms with Gasteiger partial charge in [-0.2, -0.15) is 0 Å². The van der Waals surface area contributed by atoms with E-state index in [9.17, 15) is 21.6 Å². The molecule has 1 N–H and O–H groups in total. The molecule has 29 heavy (non-hydrogen) atoms. The first kappa shape index (κ1) is 21.4. The molecule has 0 aliphatic carbocycles. The summed E-state index contributed by atoms with van der Waals surface area (Å²) in [6.07, 6.45) is 0. The Kier molecular flexibility index (Phi) is 5.54. The Hall–Kier alpha value is -2.30. The fraction of sp³-hybridized carbons (Fsp3) is 0.278. The zero-order chi connectivity index (χ0) is 21.6. The molecular formula is C18H19ClN2O6S2. The van der Waals surface area contributed by atoms with Gasteiger partial charge in [-0.1, -0.05) is 24.6 Å². The Morgan fingerprint density at radius 3 is 2.52 bits per heavy atom. The van der Waals surface area contributed by atoms with Gasteiger partial charge in [-0.25, -0.2) is 21.1 Å². The minimum absolute atomic E-state index is 0.00183. The highest BCUT2D eigenvalue weighted by Gasteiger charge is 2.42. The number of benzene rings is 2. The van der Waals surface area contributed by atoms with E-state index in [0.29, 0.717) is 14.9 Å². The van der Waals surface area contributed by atoms with E-state index >= 15 is 0 Å². The molecule has 0 bridgehead atoms. The summed E-state index contributed by atoms with van der Waals surface area (Å²) < 4.78 is 59.0. The second-order valence-corrected chi connectivity index (χ2v) is 10.6. The second kappa shape index (κ2) is 7.51. The lowest BCUT2D eigenvalue weighted by Gasteiger charge is -2.19. The van der Waals surface area contributed by atoms with Crippen molar-refractivity contribution in [3.05, 3.63) is 47.0 Å². The van der Waals surface area contributed by atoms with Gasteiger partial charge >= 0.3 is 0 Å². The zero-order valence-electron chi connectivity index (χ0n) is 15.8. The van der Waals surface area contributed by atoms with Crippen LogP contribution in [0.25, 0.3) is 0 Å². The fourth-order valence-corrected chi connectivity index (χ4v) is 6.31. The number of carbonyl (C=O) groups is 1. The Balaban J connectivity index is 2.10. The number of carbonyl (C=O) groups excluding carboxylic acids is 1. The summed E-state index contributed by atoms with van der Waals surface area (Å²) in [4.78, 5) is 12.0. The van der Waals surface area contributed by atoms with Crippen LogP contribution in [-0.4, -0.2) is 35.6 Å². The van der Waals surface area contributed by atoms with Crippen LogP contribution in [0.15, 0.2) is 41.3 Å². The van der Waals surface area contributed by atoms with Crippen molar-refractivity contribution >= 4 is 48.9 Å². The Morgan fingerprint density at radius 2 is 1.93 bits per heavy atom. The maximum Gasteiger partial charge on any atom is 0.265 e. The summed E-state index contributed by atoms with van der Waals surface area (Å²) >= 11 is 6.05. The third-order valence-corrected chi connectivity index (χ3v) is 8.21. The molecular weight excluding hydrogens is 440 g/mol. The molecule has 0 spiro atoms. The predicted octanol–water partition coefficient (Wildman–Crippen LogP) is 2.77. The molecule has 1 atom stereocenters. The lowest BCUT2D eigenvalue weighted by atomic mass is 10.2. The van der Waals surface area contributed by atoms with Gasteiger partial charge in [0.15, 0.2) is 0 Å². The van der Waals surface area contributed by atoms with Crippen LogP contribution in [0.4, 0.5) is 11.4 Å². The predicted molar refractivity (Wildman–Crippen MR) is 110 cm³/mol. The molecule has 1 heterocycles. The third-order valence-electron chi connectivity index (χ3n) is 4.54. The quantitative estimate of drug-likeness (QED) is 0.737. The highest BCUT2D eigenvalue weighted by molar-refractivity contribution is 7.94. The number of methoxy groups -OCH3 is 1. The van der Waals surface area contributed by atoms with E-state index in [1.807, 2.05) is 0 Å². The van der Waals surface area contributed by atoms with E-state index in [1.165, 1.54) is 26.2 Å². The lowest BCUT2D eigenvalue weighted by Crippen LogP contribution is -2.30. The summed E-state index contributed by atoms with van der Waals surface area (Å²) in [7, 11) is -6.77. The molecule has 3 rings (SSSR count). The van der Waals surface area contributed by atoms with Crippen molar-refractivity contribution in [2.75, 3.05) is 21.9 Å². The van der Waals surface area contributed by atoms with E-state index in [0.717, 1.165) is 6.07 Å². The lowest BCUT2D eigenvalue weighted by molar-refractivity contribution is -0.119. The number of halogens is 1. The first-order chi connectivity index (χ1) is 13.5. The van der Waals surface area contributed by atoms with Crippen molar-refractivity contribution in [1.29, 1.82) is 0 Å². The first-order valence-electron chi connectivity index (χ1n) is 8.51. The van der Waals surface area contributed by atoms with Crippen LogP contribution in [0.5, 0.6) is 5.75 Å². The molecule has 1 unspecified atom stereocenters. The fourth-order valence-electron chi connectivity index (χ4n) is 3.01. The van der Waals surface area contributed by atoms with E-state index in [1.54, 1.807) is 25.1 Å². The number of nitrogens with zero attached hydrogens (tertiary/aromatic N) is 1. The van der Waals surface area contributed by atoms with Gasteiger partial charge < -0.3 is 4.74 Å². The standard InChI is InChI=1S/C18H19ClN2O6S2/c1-11-10-28(23,24)21(18(11)22)13-7-8-16(27-3)17(9-13)29(25,26)20-15-6-4-5-14(19)12(15)2/h4-9,11,20H,10H2,1-3H3. The van der Waals surface area contributed by atoms with E-state index in [2.05, 4.69) is 4.72 Å². The maximum absolute atomic E-state index is 13.0. The first-order valence-corrected chi connectivity index (χ1v) is 12.0. The number of ether oxygens (including phenoxy) is 1. The number of rotatable bonds is 5. The van der Waals surface area contributed by atoms with Crippen LogP contribution in [0.1, 0.15) is 12.5 Å². The van der Waals surface area contributed by atoms with Crippen LogP contribution < -0.4 is 13.8 Å². The van der Waals surface area contributed by atoms with E-state index in [4.69, 9.17) is 16.3 Å². The minimum Gasteiger partial charge on any atom is -0.495 e. The highest BCUT2D eigenvalue weighted by Crippen LogP contribution is 2.35. The van der Waals surface area contributed by atoms with E-state index < -0.39 is 31.9 Å². The maximum atomic E-state index is 13.0. The molecule has 1 saturated heterocycles. The summed E-state index contributed by atoms with van der Waals surface area (Å²) in [5.74, 6) is -1.66. The van der Waals surface area contributed by atoms with Gasteiger partial charge in [-0.05, 0) is 42.8 Å². The van der Waals surface area contributed by atoms with Gasteiger partial charge in [0.2, 0.25) is 15.9 Å². The smallest absolute Gasteiger partial charge is 0.265 e. The van der Waals surface area contributed by atoms with Gasteiger partial charge in [0.25, 0.3) is 10.0 Å². The second-order valence-electron chi connectivity index (χ2n) is 6.64. The topological polar surface area (TPSA) is 110 Å². The molecule has 0 aromatic heterocycles.